The van der Waals surface area contributed by atoms with E-state index >= 15 is 0 Å². The maximum Gasteiger partial charge on any atom is 0.308 e. The van der Waals surface area contributed by atoms with Crippen molar-refractivity contribution in [3.05, 3.63) is 0 Å². The summed E-state index contributed by atoms with van der Waals surface area (Å²) in [5, 5.41) is 0. The van der Waals surface area contributed by atoms with Crippen molar-refractivity contribution in [2.75, 3.05) is 6.61 Å². The fourth-order valence-electron chi connectivity index (χ4n) is 4.09. The molecule has 0 spiro atoms. The van der Waals surface area contributed by atoms with Gasteiger partial charge in [-0.1, -0.05) is 41.5 Å². The molecule has 0 aliphatic heterocycles. The zero-order valence-electron chi connectivity index (χ0n) is 14.8. The third kappa shape index (κ3) is 2.65. The summed E-state index contributed by atoms with van der Waals surface area (Å²) in [5.74, 6) is -0.0210. The lowest BCUT2D eigenvalue weighted by Gasteiger charge is -2.40. The van der Waals surface area contributed by atoms with Crippen LogP contribution in [0.3, 0.4) is 0 Å². The molecule has 0 aromatic heterocycles. The van der Waals surface area contributed by atoms with Crippen molar-refractivity contribution in [2.45, 2.75) is 66.9 Å². The average molecular weight is 310 g/mol. The Labute approximate surface area is 133 Å². The molecule has 2 fully saturated rings. The molecular weight excluding hydrogens is 280 g/mol. The largest absolute Gasteiger partial charge is 0.465 e. The molecule has 126 valence electrons. The predicted octanol–water partition coefficient (Wildman–Crippen LogP) is 3.58. The quantitative estimate of drug-likeness (QED) is 0.728. The number of esters is 2. The topological polar surface area (TPSA) is 52.6 Å². The second-order valence-corrected chi connectivity index (χ2v) is 8.15. The van der Waals surface area contributed by atoms with Crippen LogP contribution in [0.4, 0.5) is 0 Å². The minimum absolute atomic E-state index is 0.0519. The monoisotopic (exact) mass is 310 g/mol. The Hall–Kier alpha value is -1.06. The van der Waals surface area contributed by atoms with Crippen molar-refractivity contribution < 1.29 is 19.1 Å². The van der Waals surface area contributed by atoms with E-state index in [2.05, 4.69) is 13.8 Å². The number of carbonyl (C=O) groups excluding carboxylic acids is 2. The van der Waals surface area contributed by atoms with Gasteiger partial charge in [-0.05, 0) is 25.2 Å². The van der Waals surface area contributed by atoms with E-state index < -0.39 is 0 Å². The molecule has 2 bridgehead atoms. The van der Waals surface area contributed by atoms with Crippen LogP contribution in [0.25, 0.3) is 0 Å². The predicted molar refractivity (Wildman–Crippen MR) is 84.1 cm³/mol. The molecule has 0 N–H and O–H groups in total. The molecule has 2 rings (SSSR count). The fourth-order valence-corrected chi connectivity index (χ4v) is 4.09. The standard InChI is InChI=1S/C18H30O4/c1-11(2)15(19)21-10-18(6)13-7-8-17(18,5)14(9-13)22-16(20)12(3)4/h11-14H,7-10H2,1-6H3/t13-,14+,17+,18?/m0/s1. The first-order valence-electron chi connectivity index (χ1n) is 8.49. The summed E-state index contributed by atoms with van der Waals surface area (Å²) in [6, 6.07) is 0. The zero-order chi connectivity index (χ0) is 16.7. The Bertz CT molecular complexity index is 454. The van der Waals surface area contributed by atoms with Gasteiger partial charge in [0.05, 0.1) is 18.4 Å². The Morgan fingerprint density at radius 1 is 1.09 bits per heavy atom. The maximum atomic E-state index is 12.0. The van der Waals surface area contributed by atoms with Gasteiger partial charge in [-0.15, -0.1) is 0 Å². The second kappa shape index (κ2) is 5.86. The van der Waals surface area contributed by atoms with E-state index in [4.69, 9.17) is 9.47 Å². The molecular formula is C18H30O4. The molecule has 4 nitrogen and oxygen atoms in total. The van der Waals surface area contributed by atoms with Crippen LogP contribution in [0.2, 0.25) is 0 Å². The Morgan fingerprint density at radius 2 is 1.68 bits per heavy atom. The summed E-state index contributed by atoms with van der Waals surface area (Å²) in [7, 11) is 0. The highest BCUT2D eigenvalue weighted by Crippen LogP contribution is 2.66. The van der Waals surface area contributed by atoms with Gasteiger partial charge in [0.1, 0.15) is 6.10 Å². The third-order valence-corrected chi connectivity index (χ3v) is 6.14. The SMILES string of the molecule is CC(C)C(=O)OCC1(C)[C@H]2CC[C@]1(C)[C@H](OC(=O)C(C)C)C2. The molecule has 0 aromatic carbocycles. The van der Waals surface area contributed by atoms with Crippen LogP contribution in [0, 0.1) is 28.6 Å². The van der Waals surface area contributed by atoms with Crippen LogP contribution in [0.1, 0.15) is 60.8 Å². The van der Waals surface area contributed by atoms with E-state index in [1.807, 2.05) is 27.7 Å². The minimum atomic E-state index is -0.146. The average Bonchev–Trinajstić information content (AvgIpc) is 2.80. The molecule has 4 heteroatoms. The van der Waals surface area contributed by atoms with E-state index in [1.54, 1.807) is 0 Å². The van der Waals surface area contributed by atoms with E-state index in [1.165, 1.54) is 0 Å². The lowest BCUT2D eigenvalue weighted by atomic mass is 9.69. The number of fused-ring (bicyclic) bond motifs is 2. The number of hydrogen-bond donors (Lipinski definition) is 0. The highest BCUT2D eigenvalue weighted by molar-refractivity contribution is 5.72. The number of rotatable bonds is 5. The summed E-state index contributed by atoms with van der Waals surface area (Å²) in [6.07, 6.45) is 3.00. The Balaban J connectivity index is 2.10. The highest BCUT2D eigenvalue weighted by atomic mass is 16.5. The van der Waals surface area contributed by atoms with Crippen molar-refractivity contribution >= 4 is 11.9 Å². The van der Waals surface area contributed by atoms with E-state index in [0.29, 0.717) is 12.5 Å². The van der Waals surface area contributed by atoms with E-state index in [-0.39, 0.29) is 40.7 Å². The van der Waals surface area contributed by atoms with Crippen LogP contribution in [-0.2, 0) is 19.1 Å². The fraction of sp³-hybridized carbons (Fsp3) is 0.889. The van der Waals surface area contributed by atoms with Crippen LogP contribution >= 0.6 is 0 Å². The van der Waals surface area contributed by atoms with Gasteiger partial charge >= 0.3 is 11.9 Å². The summed E-state index contributed by atoms with van der Waals surface area (Å²) in [6.45, 7) is 12.2. The smallest absolute Gasteiger partial charge is 0.308 e. The molecule has 0 saturated heterocycles. The summed E-state index contributed by atoms with van der Waals surface area (Å²) >= 11 is 0. The second-order valence-electron chi connectivity index (χ2n) is 8.15. The van der Waals surface area contributed by atoms with Gasteiger partial charge in [0.25, 0.3) is 0 Å². The molecule has 0 aromatic rings. The van der Waals surface area contributed by atoms with Gasteiger partial charge in [0.2, 0.25) is 0 Å². The first kappa shape index (κ1) is 17.3. The normalized spacial score (nSPS) is 36.9. The third-order valence-electron chi connectivity index (χ3n) is 6.14. The van der Waals surface area contributed by atoms with Gasteiger partial charge in [-0.25, -0.2) is 0 Å². The number of carbonyl (C=O) groups is 2. The molecule has 0 amide bonds. The van der Waals surface area contributed by atoms with Crippen molar-refractivity contribution in [1.82, 2.24) is 0 Å². The molecule has 2 aliphatic carbocycles. The van der Waals surface area contributed by atoms with E-state index in [9.17, 15) is 9.59 Å². The van der Waals surface area contributed by atoms with Gasteiger partial charge in [-0.2, -0.15) is 0 Å². The Kier molecular flexibility index (Phi) is 4.61. The summed E-state index contributed by atoms with van der Waals surface area (Å²) in [5.41, 5.74) is -0.195. The Morgan fingerprint density at radius 3 is 2.23 bits per heavy atom. The van der Waals surface area contributed by atoms with Crippen molar-refractivity contribution in [2.24, 2.45) is 28.6 Å². The van der Waals surface area contributed by atoms with Gasteiger partial charge < -0.3 is 9.47 Å². The first-order valence-corrected chi connectivity index (χ1v) is 8.49. The number of ether oxygens (including phenoxy) is 2. The molecule has 2 saturated carbocycles. The summed E-state index contributed by atoms with van der Waals surface area (Å²) in [4.78, 5) is 23.8. The van der Waals surface area contributed by atoms with Crippen LogP contribution in [0.15, 0.2) is 0 Å². The molecule has 0 radical (unpaired) electrons. The summed E-state index contributed by atoms with van der Waals surface area (Å²) < 4.78 is 11.3. The van der Waals surface area contributed by atoms with Crippen molar-refractivity contribution in [3.63, 3.8) is 0 Å². The minimum Gasteiger partial charge on any atom is -0.465 e. The molecule has 1 unspecified atom stereocenters. The molecule has 22 heavy (non-hydrogen) atoms. The highest BCUT2D eigenvalue weighted by Gasteiger charge is 2.65. The van der Waals surface area contributed by atoms with Crippen LogP contribution in [0.5, 0.6) is 0 Å². The molecule has 2 aliphatic rings. The molecule has 4 atom stereocenters. The van der Waals surface area contributed by atoms with Gasteiger partial charge in [0, 0.05) is 10.8 Å². The van der Waals surface area contributed by atoms with E-state index in [0.717, 1.165) is 19.3 Å². The maximum absolute atomic E-state index is 12.0. The van der Waals surface area contributed by atoms with Crippen molar-refractivity contribution in [1.29, 1.82) is 0 Å². The zero-order valence-corrected chi connectivity index (χ0v) is 14.8. The van der Waals surface area contributed by atoms with Gasteiger partial charge in [0.15, 0.2) is 0 Å². The lowest BCUT2D eigenvalue weighted by molar-refractivity contribution is -0.165. The first-order chi connectivity index (χ1) is 10.1. The van der Waals surface area contributed by atoms with Gasteiger partial charge in [-0.3, -0.25) is 9.59 Å². The molecule has 0 heterocycles. The lowest BCUT2D eigenvalue weighted by Crippen LogP contribution is -2.43. The van der Waals surface area contributed by atoms with Crippen molar-refractivity contribution in [3.8, 4) is 0 Å². The van der Waals surface area contributed by atoms with Crippen LogP contribution in [-0.4, -0.2) is 24.6 Å². The van der Waals surface area contributed by atoms with Crippen LogP contribution < -0.4 is 0 Å². The number of hydrogen-bond acceptors (Lipinski definition) is 4.